The third-order valence-corrected chi connectivity index (χ3v) is 3.89. The maximum atomic E-state index is 12.1. The van der Waals surface area contributed by atoms with Gasteiger partial charge in [0.05, 0.1) is 18.8 Å². The number of carboxylic acids is 1. The second-order valence-corrected chi connectivity index (χ2v) is 5.26. The van der Waals surface area contributed by atoms with Gasteiger partial charge < -0.3 is 14.8 Å². The molecule has 0 saturated carbocycles. The van der Waals surface area contributed by atoms with Gasteiger partial charge >= 0.3 is 5.97 Å². The van der Waals surface area contributed by atoms with Crippen LogP contribution in [0, 0.1) is 5.92 Å². The molecule has 3 unspecified atom stereocenters. The van der Waals surface area contributed by atoms with Gasteiger partial charge in [-0.1, -0.05) is 6.92 Å². The molecule has 1 fully saturated rings. The molecule has 3 atom stereocenters. The van der Waals surface area contributed by atoms with Crippen molar-refractivity contribution in [3.05, 3.63) is 24.2 Å². The number of carboxylic acid groups (broad SMARTS) is 1. The first-order valence-corrected chi connectivity index (χ1v) is 6.79. The van der Waals surface area contributed by atoms with Crippen molar-refractivity contribution in [2.45, 2.75) is 38.9 Å². The quantitative estimate of drug-likeness (QED) is 0.843. The van der Waals surface area contributed by atoms with Gasteiger partial charge in [0, 0.05) is 6.54 Å². The molecule has 1 amide bonds. The summed E-state index contributed by atoms with van der Waals surface area (Å²) in [4.78, 5) is 25.2. The molecule has 0 aliphatic carbocycles. The number of hydrogen-bond acceptors (Lipinski definition) is 4. The van der Waals surface area contributed by atoms with Crippen molar-refractivity contribution < 1.29 is 19.1 Å². The number of nitrogens with zero attached hydrogens (tertiary/aromatic N) is 1. The fourth-order valence-electron chi connectivity index (χ4n) is 2.68. The average molecular weight is 280 g/mol. The number of amides is 1. The minimum atomic E-state index is -0.860. The second-order valence-electron chi connectivity index (χ2n) is 5.26. The van der Waals surface area contributed by atoms with Crippen LogP contribution in [0.5, 0.6) is 0 Å². The molecule has 20 heavy (non-hydrogen) atoms. The average Bonchev–Trinajstić information content (AvgIpc) is 3.03. The first kappa shape index (κ1) is 14.6. The summed E-state index contributed by atoms with van der Waals surface area (Å²) in [5.41, 5.74) is 0. The van der Waals surface area contributed by atoms with Crippen LogP contribution >= 0.6 is 0 Å². The summed E-state index contributed by atoms with van der Waals surface area (Å²) in [6.45, 7) is 4.60. The Labute approximate surface area is 117 Å². The summed E-state index contributed by atoms with van der Waals surface area (Å²) >= 11 is 0. The van der Waals surface area contributed by atoms with Crippen LogP contribution in [0.1, 0.15) is 26.0 Å². The third kappa shape index (κ3) is 3.01. The molecular formula is C14H20N2O4. The molecule has 110 valence electrons. The van der Waals surface area contributed by atoms with E-state index in [-0.39, 0.29) is 11.8 Å². The zero-order valence-electron chi connectivity index (χ0n) is 11.7. The van der Waals surface area contributed by atoms with Crippen LogP contribution in [0.15, 0.2) is 22.8 Å². The summed E-state index contributed by atoms with van der Waals surface area (Å²) in [5, 5.41) is 12.0. The van der Waals surface area contributed by atoms with Gasteiger partial charge in [-0.3, -0.25) is 14.5 Å². The Kier molecular flexibility index (Phi) is 4.44. The molecule has 0 bridgehead atoms. The van der Waals surface area contributed by atoms with Gasteiger partial charge in [0.25, 0.3) is 0 Å². The molecule has 2 rings (SSSR count). The molecule has 0 radical (unpaired) electrons. The van der Waals surface area contributed by atoms with Gasteiger partial charge in [0.15, 0.2) is 0 Å². The van der Waals surface area contributed by atoms with Gasteiger partial charge in [-0.2, -0.15) is 0 Å². The smallest absolute Gasteiger partial charge is 0.321 e. The summed E-state index contributed by atoms with van der Waals surface area (Å²) in [6.07, 6.45) is 2.35. The van der Waals surface area contributed by atoms with E-state index in [9.17, 15) is 14.7 Å². The third-order valence-electron chi connectivity index (χ3n) is 3.89. The van der Waals surface area contributed by atoms with Crippen LogP contribution in [0.4, 0.5) is 0 Å². The largest absolute Gasteiger partial charge is 0.480 e. The van der Waals surface area contributed by atoms with Crippen molar-refractivity contribution in [3.63, 3.8) is 0 Å². The van der Waals surface area contributed by atoms with Crippen molar-refractivity contribution in [2.24, 2.45) is 5.92 Å². The van der Waals surface area contributed by atoms with Crippen LogP contribution in [-0.2, 0) is 16.1 Å². The van der Waals surface area contributed by atoms with Gasteiger partial charge in [-0.15, -0.1) is 0 Å². The Morgan fingerprint density at radius 1 is 1.60 bits per heavy atom. The number of aliphatic carboxylic acids is 1. The minimum absolute atomic E-state index is 0.0628. The highest BCUT2D eigenvalue weighted by molar-refractivity contribution is 5.83. The molecule has 2 N–H and O–H groups in total. The highest BCUT2D eigenvalue weighted by Crippen LogP contribution is 2.26. The van der Waals surface area contributed by atoms with E-state index < -0.39 is 18.1 Å². The van der Waals surface area contributed by atoms with E-state index >= 15 is 0 Å². The van der Waals surface area contributed by atoms with Crippen molar-refractivity contribution in [1.82, 2.24) is 10.2 Å². The minimum Gasteiger partial charge on any atom is -0.480 e. The molecule has 2 heterocycles. The fourth-order valence-corrected chi connectivity index (χ4v) is 2.68. The topological polar surface area (TPSA) is 82.8 Å². The Morgan fingerprint density at radius 2 is 2.35 bits per heavy atom. The Balaban J connectivity index is 1.94. The van der Waals surface area contributed by atoms with Crippen molar-refractivity contribution in [3.8, 4) is 0 Å². The molecule has 1 aromatic heterocycles. The zero-order chi connectivity index (χ0) is 14.7. The lowest BCUT2D eigenvalue weighted by atomic mass is 10.0. The van der Waals surface area contributed by atoms with Gasteiger partial charge in [0.2, 0.25) is 5.91 Å². The van der Waals surface area contributed by atoms with Crippen molar-refractivity contribution in [1.29, 1.82) is 0 Å². The van der Waals surface area contributed by atoms with E-state index in [2.05, 4.69) is 5.32 Å². The maximum absolute atomic E-state index is 12.1. The highest BCUT2D eigenvalue weighted by Gasteiger charge is 2.40. The summed E-state index contributed by atoms with van der Waals surface area (Å²) in [5.74, 6) is -0.301. The van der Waals surface area contributed by atoms with Crippen molar-refractivity contribution >= 4 is 11.9 Å². The van der Waals surface area contributed by atoms with Crippen LogP contribution in [-0.4, -0.2) is 40.5 Å². The highest BCUT2D eigenvalue weighted by atomic mass is 16.4. The number of carbonyl (C=O) groups excluding carboxylic acids is 1. The molecule has 0 aromatic carbocycles. The van der Waals surface area contributed by atoms with Crippen LogP contribution < -0.4 is 5.32 Å². The molecule has 1 aromatic rings. The molecule has 1 aliphatic heterocycles. The van der Waals surface area contributed by atoms with Gasteiger partial charge in [0.1, 0.15) is 11.8 Å². The monoisotopic (exact) mass is 280 g/mol. The van der Waals surface area contributed by atoms with Crippen LogP contribution in [0.25, 0.3) is 0 Å². The maximum Gasteiger partial charge on any atom is 0.321 e. The molecule has 0 spiro atoms. The predicted octanol–water partition coefficient (Wildman–Crippen LogP) is 1.08. The summed E-state index contributed by atoms with van der Waals surface area (Å²) in [7, 11) is 0. The number of likely N-dealkylation sites (tertiary alicyclic amines) is 1. The molecule has 1 saturated heterocycles. The predicted molar refractivity (Wildman–Crippen MR) is 71.9 cm³/mol. The van der Waals surface area contributed by atoms with Gasteiger partial charge in [-0.05, 0) is 31.4 Å². The van der Waals surface area contributed by atoms with Gasteiger partial charge in [-0.25, -0.2) is 0 Å². The zero-order valence-corrected chi connectivity index (χ0v) is 11.7. The van der Waals surface area contributed by atoms with E-state index in [1.807, 2.05) is 6.92 Å². The van der Waals surface area contributed by atoms with E-state index in [1.165, 1.54) is 0 Å². The Hall–Kier alpha value is -1.82. The number of nitrogens with one attached hydrogen (secondary N) is 1. The number of hydrogen-bond donors (Lipinski definition) is 2. The normalized spacial score (nSPS) is 24.5. The van der Waals surface area contributed by atoms with E-state index in [4.69, 9.17) is 4.42 Å². The van der Waals surface area contributed by atoms with Crippen LogP contribution in [0.3, 0.4) is 0 Å². The Bertz CT molecular complexity index is 472. The van der Waals surface area contributed by atoms with E-state index in [1.54, 1.807) is 30.2 Å². The number of carbonyl (C=O) groups is 2. The Morgan fingerprint density at radius 3 is 2.95 bits per heavy atom. The standard InChI is InChI=1S/C14H20N2O4/c1-9-5-6-16(12(9)14(18)19)10(2)13(17)15-8-11-4-3-7-20-11/h3-4,7,9-10,12H,5-6,8H2,1-2H3,(H,15,17)(H,18,19). The molecule has 6 nitrogen and oxygen atoms in total. The molecule has 6 heteroatoms. The summed E-state index contributed by atoms with van der Waals surface area (Å²) < 4.78 is 5.14. The fraction of sp³-hybridized carbons (Fsp3) is 0.571. The lowest BCUT2D eigenvalue weighted by molar-refractivity contribution is -0.145. The number of rotatable bonds is 5. The number of furan rings is 1. The van der Waals surface area contributed by atoms with Crippen molar-refractivity contribution in [2.75, 3.05) is 6.54 Å². The SMILES string of the molecule is CC1CCN(C(C)C(=O)NCc2ccco2)C1C(=O)O. The first-order chi connectivity index (χ1) is 9.50. The van der Waals surface area contributed by atoms with Crippen LogP contribution in [0.2, 0.25) is 0 Å². The molecular weight excluding hydrogens is 260 g/mol. The van der Waals surface area contributed by atoms with E-state index in [0.717, 1.165) is 6.42 Å². The summed E-state index contributed by atoms with van der Waals surface area (Å²) in [6, 6.07) is 2.49. The van der Waals surface area contributed by atoms with E-state index in [0.29, 0.717) is 18.8 Å². The second kappa shape index (κ2) is 6.09. The first-order valence-electron chi connectivity index (χ1n) is 6.79. The molecule has 1 aliphatic rings. The lowest BCUT2D eigenvalue weighted by Gasteiger charge is -2.28. The lowest BCUT2D eigenvalue weighted by Crippen LogP contribution is -2.50.